The van der Waals surface area contributed by atoms with Gasteiger partial charge in [0.15, 0.2) is 0 Å². The van der Waals surface area contributed by atoms with E-state index in [9.17, 15) is 14.7 Å². The van der Waals surface area contributed by atoms with Gasteiger partial charge in [-0.15, -0.1) is 0 Å². The number of carbonyl (C=O) groups excluding carboxylic acids is 2. The van der Waals surface area contributed by atoms with Crippen molar-refractivity contribution in [2.45, 2.75) is 38.8 Å². The lowest BCUT2D eigenvalue weighted by atomic mass is 10.1. The van der Waals surface area contributed by atoms with Gasteiger partial charge in [-0.2, -0.15) is 0 Å². The molecule has 1 aromatic rings. The molecule has 0 aliphatic heterocycles. The molecular formula is C15H22N2O4. The molecule has 0 saturated carbocycles. The lowest BCUT2D eigenvalue weighted by Gasteiger charge is -2.16. The summed E-state index contributed by atoms with van der Waals surface area (Å²) >= 11 is 0. The molecule has 0 heterocycles. The number of phenols is 1. The SMILES string of the molecule is CCCOC(=O)[C@H](C)NC(=O)[C@@H](N)Cc1ccc(O)cc1. The van der Waals surface area contributed by atoms with E-state index >= 15 is 0 Å². The predicted molar refractivity (Wildman–Crippen MR) is 78.6 cm³/mol. The van der Waals surface area contributed by atoms with Crippen molar-refractivity contribution in [3.05, 3.63) is 29.8 Å². The minimum Gasteiger partial charge on any atom is -0.508 e. The molecule has 0 radical (unpaired) electrons. The minimum absolute atomic E-state index is 0.157. The number of phenolic OH excluding ortho intramolecular Hbond substituents is 1. The minimum atomic E-state index is -0.768. The molecule has 21 heavy (non-hydrogen) atoms. The average molecular weight is 294 g/mol. The van der Waals surface area contributed by atoms with E-state index in [-0.39, 0.29) is 5.75 Å². The van der Waals surface area contributed by atoms with Crippen LogP contribution < -0.4 is 11.1 Å². The van der Waals surface area contributed by atoms with Crippen molar-refractivity contribution in [1.82, 2.24) is 5.32 Å². The number of amides is 1. The van der Waals surface area contributed by atoms with Gasteiger partial charge in [0.2, 0.25) is 5.91 Å². The second-order valence-electron chi connectivity index (χ2n) is 4.87. The van der Waals surface area contributed by atoms with Crippen LogP contribution >= 0.6 is 0 Å². The first-order valence-electron chi connectivity index (χ1n) is 6.94. The second kappa shape index (κ2) is 8.26. The molecule has 0 bridgehead atoms. The number of esters is 1. The molecule has 1 rings (SSSR count). The molecule has 0 spiro atoms. The standard InChI is InChI=1S/C15H22N2O4/c1-3-8-21-15(20)10(2)17-14(19)13(16)9-11-4-6-12(18)7-5-11/h4-7,10,13,18H,3,8-9,16H2,1-2H3,(H,17,19)/t10-,13-/m0/s1. The van der Waals surface area contributed by atoms with E-state index in [4.69, 9.17) is 10.5 Å². The first-order chi connectivity index (χ1) is 9.93. The maximum Gasteiger partial charge on any atom is 0.328 e. The molecule has 6 nitrogen and oxygen atoms in total. The number of hydrogen-bond donors (Lipinski definition) is 3. The van der Waals surface area contributed by atoms with Crippen molar-refractivity contribution < 1.29 is 19.4 Å². The van der Waals surface area contributed by atoms with Gasteiger partial charge in [-0.3, -0.25) is 4.79 Å². The summed E-state index contributed by atoms with van der Waals surface area (Å²) in [6, 6.07) is 4.96. The van der Waals surface area contributed by atoms with Gasteiger partial charge in [-0.1, -0.05) is 19.1 Å². The third kappa shape index (κ3) is 5.83. The summed E-state index contributed by atoms with van der Waals surface area (Å²) in [5.41, 5.74) is 6.64. The van der Waals surface area contributed by atoms with Crippen LogP contribution in [0.1, 0.15) is 25.8 Å². The van der Waals surface area contributed by atoms with Gasteiger partial charge in [0.1, 0.15) is 11.8 Å². The number of benzene rings is 1. The number of hydrogen-bond acceptors (Lipinski definition) is 5. The van der Waals surface area contributed by atoms with Crippen molar-refractivity contribution in [3.63, 3.8) is 0 Å². The van der Waals surface area contributed by atoms with Crippen LogP contribution in [0.2, 0.25) is 0 Å². The third-order valence-corrected chi connectivity index (χ3v) is 2.89. The zero-order valence-electron chi connectivity index (χ0n) is 12.3. The Balaban J connectivity index is 2.46. The average Bonchev–Trinajstić information content (AvgIpc) is 2.46. The molecule has 1 amide bonds. The van der Waals surface area contributed by atoms with Gasteiger partial charge < -0.3 is 20.9 Å². The summed E-state index contributed by atoms with van der Waals surface area (Å²) in [6.45, 7) is 3.78. The van der Waals surface area contributed by atoms with Crippen molar-refractivity contribution >= 4 is 11.9 Å². The number of nitrogens with two attached hydrogens (primary N) is 1. The highest BCUT2D eigenvalue weighted by Crippen LogP contribution is 2.10. The third-order valence-electron chi connectivity index (χ3n) is 2.89. The van der Waals surface area contributed by atoms with E-state index in [0.29, 0.717) is 13.0 Å². The van der Waals surface area contributed by atoms with Gasteiger partial charge in [0.05, 0.1) is 12.6 Å². The lowest BCUT2D eigenvalue weighted by molar-refractivity contribution is -0.147. The summed E-state index contributed by atoms with van der Waals surface area (Å²) in [7, 11) is 0. The van der Waals surface area contributed by atoms with Crippen molar-refractivity contribution in [2.75, 3.05) is 6.61 Å². The van der Waals surface area contributed by atoms with Crippen molar-refractivity contribution in [2.24, 2.45) is 5.73 Å². The van der Waals surface area contributed by atoms with Crippen LogP contribution in [-0.4, -0.2) is 35.7 Å². The first kappa shape index (κ1) is 17.0. The fourth-order valence-electron chi connectivity index (χ4n) is 1.69. The summed E-state index contributed by atoms with van der Waals surface area (Å²) in [6.07, 6.45) is 1.05. The Labute approximate surface area is 124 Å². The molecule has 4 N–H and O–H groups in total. The zero-order valence-corrected chi connectivity index (χ0v) is 12.3. The maximum atomic E-state index is 11.9. The van der Waals surface area contributed by atoms with Crippen LogP contribution in [0.15, 0.2) is 24.3 Å². The fourth-order valence-corrected chi connectivity index (χ4v) is 1.69. The van der Waals surface area contributed by atoms with E-state index < -0.39 is 24.0 Å². The molecule has 2 atom stereocenters. The number of aromatic hydroxyl groups is 1. The van der Waals surface area contributed by atoms with Gasteiger partial charge in [0, 0.05) is 0 Å². The summed E-state index contributed by atoms with van der Waals surface area (Å²) in [5.74, 6) is -0.727. The normalized spacial score (nSPS) is 13.3. The van der Waals surface area contributed by atoms with Crippen LogP contribution in [0.5, 0.6) is 5.75 Å². The maximum absolute atomic E-state index is 11.9. The van der Waals surface area contributed by atoms with Crippen LogP contribution in [0.3, 0.4) is 0 Å². The number of ether oxygens (including phenoxy) is 1. The van der Waals surface area contributed by atoms with Crippen LogP contribution in [0.25, 0.3) is 0 Å². The number of carbonyl (C=O) groups is 2. The predicted octanol–water partition coefficient (Wildman–Crippen LogP) is 0.720. The first-order valence-corrected chi connectivity index (χ1v) is 6.94. The lowest BCUT2D eigenvalue weighted by Crippen LogP contribution is -2.48. The number of nitrogens with one attached hydrogen (secondary N) is 1. The summed E-state index contributed by atoms with van der Waals surface area (Å²) < 4.78 is 4.94. The smallest absolute Gasteiger partial charge is 0.328 e. The Morgan fingerprint density at radius 2 is 1.95 bits per heavy atom. The van der Waals surface area contributed by atoms with Gasteiger partial charge in [-0.05, 0) is 37.5 Å². The molecule has 6 heteroatoms. The Bertz CT molecular complexity index is 473. The van der Waals surface area contributed by atoms with E-state index in [1.807, 2.05) is 6.92 Å². The molecule has 0 aliphatic rings. The molecule has 1 aromatic carbocycles. The van der Waals surface area contributed by atoms with Crippen LogP contribution in [0, 0.1) is 0 Å². The fraction of sp³-hybridized carbons (Fsp3) is 0.467. The van der Waals surface area contributed by atoms with E-state index in [1.54, 1.807) is 19.1 Å². The topological polar surface area (TPSA) is 102 Å². The van der Waals surface area contributed by atoms with Crippen LogP contribution in [0.4, 0.5) is 0 Å². The summed E-state index contributed by atoms with van der Waals surface area (Å²) in [4.78, 5) is 23.5. The van der Waals surface area contributed by atoms with E-state index in [0.717, 1.165) is 12.0 Å². The molecule has 116 valence electrons. The molecule has 0 aliphatic carbocycles. The van der Waals surface area contributed by atoms with E-state index in [1.165, 1.54) is 12.1 Å². The summed E-state index contributed by atoms with van der Waals surface area (Å²) in [5, 5.41) is 11.7. The van der Waals surface area contributed by atoms with Gasteiger partial charge in [0.25, 0.3) is 0 Å². The van der Waals surface area contributed by atoms with E-state index in [2.05, 4.69) is 5.32 Å². The highest BCUT2D eigenvalue weighted by atomic mass is 16.5. The Morgan fingerprint density at radius 3 is 2.52 bits per heavy atom. The van der Waals surface area contributed by atoms with Crippen molar-refractivity contribution in [1.29, 1.82) is 0 Å². The Hall–Kier alpha value is -2.08. The molecule has 0 saturated heterocycles. The Morgan fingerprint density at radius 1 is 1.33 bits per heavy atom. The molecule has 0 fully saturated rings. The van der Waals surface area contributed by atoms with Crippen molar-refractivity contribution in [3.8, 4) is 5.75 Å². The van der Waals surface area contributed by atoms with Gasteiger partial charge >= 0.3 is 5.97 Å². The van der Waals surface area contributed by atoms with Crippen LogP contribution in [-0.2, 0) is 20.7 Å². The Kier molecular flexibility index (Phi) is 6.68. The molecular weight excluding hydrogens is 272 g/mol. The second-order valence-corrected chi connectivity index (χ2v) is 4.87. The highest BCUT2D eigenvalue weighted by molar-refractivity contribution is 5.87. The number of rotatable bonds is 7. The monoisotopic (exact) mass is 294 g/mol. The zero-order chi connectivity index (χ0) is 15.8. The molecule has 0 unspecified atom stereocenters. The van der Waals surface area contributed by atoms with Gasteiger partial charge in [-0.25, -0.2) is 4.79 Å². The highest BCUT2D eigenvalue weighted by Gasteiger charge is 2.21. The largest absolute Gasteiger partial charge is 0.508 e. The molecule has 0 aromatic heterocycles. The quantitative estimate of drug-likeness (QED) is 0.643.